The quantitative estimate of drug-likeness (QED) is 0.450. The number of carboxylic acids is 1. The number of hydrogen-bond donors (Lipinski definition) is 4. The molecule has 0 amide bonds. The fourth-order valence-electron chi connectivity index (χ4n) is 2.35. The van der Waals surface area contributed by atoms with Crippen LogP contribution in [0.3, 0.4) is 0 Å². The number of hydrogen-bond acceptors (Lipinski definition) is 5. The Kier molecular flexibility index (Phi) is 14.3. The topological polar surface area (TPSA) is 132 Å². The summed E-state index contributed by atoms with van der Waals surface area (Å²) in [4.78, 5) is 20.1. The molecule has 0 aliphatic heterocycles. The Morgan fingerprint density at radius 3 is 2.31 bits per heavy atom. The van der Waals surface area contributed by atoms with Crippen molar-refractivity contribution < 1.29 is 19.1 Å². The molecule has 1 aliphatic carbocycles. The molecule has 1 aromatic carbocycles. The molecule has 1 fully saturated rings. The van der Waals surface area contributed by atoms with Gasteiger partial charge in [-0.1, -0.05) is 37.8 Å². The number of benzene rings is 1. The van der Waals surface area contributed by atoms with Gasteiger partial charge in [-0.3, -0.25) is 9.59 Å². The van der Waals surface area contributed by atoms with Crippen LogP contribution in [0.5, 0.6) is 0 Å². The normalized spacial score (nSPS) is 14.9. The summed E-state index contributed by atoms with van der Waals surface area (Å²) in [6.07, 6.45) is 9.44. The van der Waals surface area contributed by atoms with Crippen LogP contribution in [0.25, 0.3) is 0 Å². The maximum absolute atomic E-state index is 12.2. The Labute approximate surface area is 154 Å². The van der Waals surface area contributed by atoms with Crippen LogP contribution in [-0.4, -0.2) is 36.0 Å². The number of carbonyl (C=O) groups is 2. The molecule has 0 spiro atoms. The van der Waals surface area contributed by atoms with Crippen molar-refractivity contribution in [3.63, 3.8) is 0 Å². The van der Waals surface area contributed by atoms with Gasteiger partial charge in [-0.05, 0) is 44.4 Å². The lowest BCUT2D eigenvalue weighted by molar-refractivity contribution is -0.138. The first-order valence-corrected chi connectivity index (χ1v) is 9.05. The Morgan fingerprint density at radius 1 is 1.27 bits per heavy atom. The van der Waals surface area contributed by atoms with Crippen LogP contribution >= 0.6 is 0 Å². The monoisotopic (exact) mass is 369 g/mol. The zero-order chi connectivity index (χ0) is 19.8. The molecule has 1 atom stereocenters. The molecule has 2 rings (SSSR count). The molecule has 0 bridgehead atoms. The van der Waals surface area contributed by atoms with E-state index < -0.39 is 12.0 Å². The average Bonchev–Trinajstić information content (AvgIpc) is 2.63. The second kappa shape index (κ2) is 15.4. The van der Waals surface area contributed by atoms with Crippen molar-refractivity contribution in [2.45, 2.75) is 63.5 Å². The SMILES string of the molecule is NC1CCCCC1.NCCCCC(N)C(=O)O.O=Cc1cccc(F)c1. The van der Waals surface area contributed by atoms with Gasteiger partial charge in [-0.2, -0.15) is 0 Å². The van der Waals surface area contributed by atoms with Gasteiger partial charge in [-0.15, -0.1) is 0 Å². The molecular weight excluding hydrogens is 337 g/mol. The fraction of sp³-hybridized carbons (Fsp3) is 0.579. The van der Waals surface area contributed by atoms with Gasteiger partial charge in [0.25, 0.3) is 0 Å². The lowest BCUT2D eigenvalue weighted by atomic mass is 9.97. The molecule has 26 heavy (non-hydrogen) atoms. The van der Waals surface area contributed by atoms with Gasteiger partial charge < -0.3 is 22.3 Å². The number of unbranched alkanes of at least 4 members (excludes halogenated alkanes) is 1. The van der Waals surface area contributed by atoms with Gasteiger partial charge in [0.2, 0.25) is 0 Å². The fourth-order valence-corrected chi connectivity index (χ4v) is 2.35. The third-order valence-corrected chi connectivity index (χ3v) is 3.92. The minimum absolute atomic E-state index is 0.370. The molecule has 1 aromatic rings. The van der Waals surface area contributed by atoms with Crippen molar-refractivity contribution in [2.24, 2.45) is 17.2 Å². The van der Waals surface area contributed by atoms with Crippen molar-refractivity contribution in [1.29, 1.82) is 0 Å². The molecule has 148 valence electrons. The lowest BCUT2D eigenvalue weighted by Crippen LogP contribution is -2.29. The smallest absolute Gasteiger partial charge is 0.320 e. The highest BCUT2D eigenvalue weighted by atomic mass is 19.1. The average molecular weight is 369 g/mol. The second-order valence-electron chi connectivity index (χ2n) is 6.30. The summed E-state index contributed by atoms with van der Waals surface area (Å²) in [6.45, 7) is 0.604. The minimum atomic E-state index is -0.933. The van der Waals surface area contributed by atoms with E-state index in [0.717, 1.165) is 12.8 Å². The first-order chi connectivity index (χ1) is 12.4. The van der Waals surface area contributed by atoms with E-state index in [1.807, 2.05) is 0 Å². The summed E-state index contributed by atoms with van der Waals surface area (Å²) >= 11 is 0. The zero-order valence-corrected chi connectivity index (χ0v) is 15.3. The van der Waals surface area contributed by atoms with E-state index in [0.29, 0.717) is 30.9 Å². The second-order valence-corrected chi connectivity index (χ2v) is 6.30. The van der Waals surface area contributed by atoms with Gasteiger partial charge in [0.1, 0.15) is 18.1 Å². The van der Waals surface area contributed by atoms with E-state index in [2.05, 4.69) is 0 Å². The van der Waals surface area contributed by atoms with Crippen molar-refractivity contribution in [3.05, 3.63) is 35.6 Å². The predicted octanol–water partition coefficient (Wildman–Crippen LogP) is 2.44. The van der Waals surface area contributed by atoms with Crippen molar-refractivity contribution in [1.82, 2.24) is 0 Å². The summed E-state index contributed by atoms with van der Waals surface area (Å²) < 4.78 is 12.2. The number of rotatable bonds is 6. The van der Waals surface area contributed by atoms with E-state index >= 15 is 0 Å². The van der Waals surface area contributed by atoms with E-state index in [1.165, 1.54) is 50.3 Å². The predicted molar refractivity (Wildman–Crippen MR) is 101 cm³/mol. The first-order valence-electron chi connectivity index (χ1n) is 9.05. The molecule has 1 unspecified atom stereocenters. The van der Waals surface area contributed by atoms with Gasteiger partial charge in [-0.25, -0.2) is 4.39 Å². The number of aliphatic carboxylic acids is 1. The molecule has 1 aliphatic rings. The maximum Gasteiger partial charge on any atom is 0.320 e. The van der Waals surface area contributed by atoms with E-state index in [4.69, 9.17) is 22.3 Å². The Bertz CT molecular complexity index is 509. The standard InChI is InChI=1S/C7H5FO.C6H14N2O2.C6H13N/c8-7-3-1-2-6(4-7)5-9;7-4-2-1-3-5(8)6(9)10;7-6-4-2-1-3-5-6/h1-5H;5H,1-4,7-8H2,(H,9,10);6H,1-5,7H2. The summed E-state index contributed by atoms with van der Waals surface area (Å²) in [5, 5.41) is 8.33. The molecule has 1 saturated carbocycles. The van der Waals surface area contributed by atoms with Gasteiger partial charge >= 0.3 is 5.97 Å². The summed E-state index contributed by atoms with van der Waals surface area (Å²) in [5.74, 6) is -1.31. The molecule has 0 heterocycles. The number of aldehydes is 1. The van der Waals surface area contributed by atoms with Crippen molar-refractivity contribution in [3.8, 4) is 0 Å². The molecule has 6 nitrogen and oxygen atoms in total. The molecule has 0 radical (unpaired) electrons. The van der Waals surface area contributed by atoms with Crippen molar-refractivity contribution in [2.75, 3.05) is 6.54 Å². The Morgan fingerprint density at radius 2 is 1.92 bits per heavy atom. The van der Waals surface area contributed by atoms with Crippen LogP contribution < -0.4 is 17.2 Å². The largest absolute Gasteiger partial charge is 0.480 e. The van der Waals surface area contributed by atoms with E-state index in [-0.39, 0.29) is 5.82 Å². The molecule has 0 saturated heterocycles. The third-order valence-electron chi connectivity index (χ3n) is 3.92. The van der Waals surface area contributed by atoms with Crippen LogP contribution in [0.15, 0.2) is 24.3 Å². The van der Waals surface area contributed by atoms with Gasteiger partial charge in [0.15, 0.2) is 0 Å². The van der Waals surface area contributed by atoms with Crippen LogP contribution in [0.1, 0.15) is 61.7 Å². The number of carbonyl (C=O) groups excluding carboxylic acids is 1. The van der Waals surface area contributed by atoms with E-state index in [1.54, 1.807) is 6.07 Å². The highest BCUT2D eigenvalue weighted by Crippen LogP contribution is 2.14. The number of carboxylic acid groups (broad SMARTS) is 1. The van der Waals surface area contributed by atoms with Crippen LogP contribution in [0.2, 0.25) is 0 Å². The summed E-state index contributed by atoms with van der Waals surface area (Å²) in [5.41, 5.74) is 16.4. The van der Waals surface area contributed by atoms with Gasteiger partial charge in [0.05, 0.1) is 0 Å². The van der Waals surface area contributed by atoms with Gasteiger partial charge in [0, 0.05) is 11.6 Å². The summed E-state index contributed by atoms with van der Waals surface area (Å²) in [7, 11) is 0. The Hall–Kier alpha value is -1.83. The minimum Gasteiger partial charge on any atom is -0.480 e. The molecule has 7 heteroatoms. The highest BCUT2D eigenvalue weighted by Gasteiger charge is 2.09. The Balaban J connectivity index is 0.000000365. The summed E-state index contributed by atoms with van der Waals surface area (Å²) in [6, 6.07) is 5.36. The first kappa shape index (κ1) is 24.2. The van der Waals surface area contributed by atoms with Crippen molar-refractivity contribution >= 4 is 12.3 Å². The van der Waals surface area contributed by atoms with Crippen LogP contribution in [0, 0.1) is 5.82 Å². The lowest BCUT2D eigenvalue weighted by Gasteiger charge is -2.15. The molecular formula is C19H32FN3O3. The molecule has 7 N–H and O–H groups in total. The maximum atomic E-state index is 12.2. The van der Waals surface area contributed by atoms with E-state index in [9.17, 15) is 14.0 Å². The highest BCUT2D eigenvalue weighted by molar-refractivity contribution is 5.74. The molecule has 0 aromatic heterocycles. The number of halogens is 1. The number of nitrogens with two attached hydrogens (primary N) is 3. The van der Waals surface area contributed by atoms with Crippen LogP contribution in [-0.2, 0) is 4.79 Å². The van der Waals surface area contributed by atoms with Crippen LogP contribution in [0.4, 0.5) is 4.39 Å². The third kappa shape index (κ3) is 13.5. The zero-order valence-electron chi connectivity index (χ0n) is 15.3.